The smallest absolute Gasteiger partial charge is 0.229 e. The Bertz CT molecular complexity index is 1360. The zero-order valence-corrected chi connectivity index (χ0v) is 20.0. The number of rotatable bonds is 6. The van der Waals surface area contributed by atoms with Crippen LogP contribution in [0.15, 0.2) is 36.7 Å². The molecule has 3 aromatic heterocycles. The van der Waals surface area contributed by atoms with Gasteiger partial charge in [-0.3, -0.25) is 0 Å². The molecule has 1 atom stereocenters. The van der Waals surface area contributed by atoms with Crippen LogP contribution in [0.25, 0.3) is 22.3 Å². The van der Waals surface area contributed by atoms with Gasteiger partial charge in [0, 0.05) is 39.3 Å². The number of halogens is 2. The molecule has 0 aliphatic carbocycles. The van der Waals surface area contributed by atoms with Crippen LogP contribution in [-0.4, -0.2) is 64.9 Å². The number of nitrogens with one attached hydrogen (secondary N) is 2. The zero-order chi connectivity index (χ0) is 24.7. The minimum atomic E-state index is -0.656. The first-order chi connectivity index (χ1) is 16.8. The van der Waals surface area contributed by atoms with Crippen LogP contribution in [0.1, 0.15) is 12.2 Å². The Morgan fingerprint density at radius 2 is 1.89 bits per heavy atom. The molecule has 4 aromatic rings. The third-order valence-electron chi connectivity index (χ3n) is 6.25. The summed E-state index contributed by atoms with van der Waals surface area (Å²) in [5.41, 5.74) is 2.01. The maximum absolute atomic E-state index is 14.9. The fourth-order valence-corrected chi connectivity index (χ4v) is 4.48. The van der Waals surface area contributed by atoms with Gasteiger partial charge >= 0.3 is 0 Å². The molecule has 35 heavy (non-hydrogen) atoms. The van der Waals surface area contributed by atoms with E-state index < -0.39 is 11.6 Å². The summed E-state index contributed by atoms with van der Waals surface area (Å²) in [5, 5.41) is 8.16. The molecule has 1 aliphatic heterocycles. The molecule has 11 heteroatoms. The van der Waals surface area contributed by atoms with Crippen molar-refractivity contribution in [3.63, 3.8) is 0 Å². The molecule has 0 saturated carbocycles. The molecule has 4 heterocycles. The van der Waals surface area contributed by atoms with Crippen LogP contribution in [0.5, 0.6) is 0 Å². The van der Waals surface area contributed by atoms with E-state index in [4.69, 9.17) is 0 Å². The molecular formula is C24H27F2N9. The average Bonchev–Trinajstić information content (AvgIpc) is 3.48. The number of imidazole rings is 1. The first-order valence-electron chi connectivity index (χ1n) is 11.4. The fourth-order valence-electron chi connectivity index (χ4n) is 4.48. The van der Waals surface area contributed by atoms with Crippen LogP contribution in [0.4, 0.5) is 26.2 Å². The van der Waals surface area contributed by atoms with Gasteiger partial charge in [-0.25, -0.2) is 33.4 Å². The van der Waals surface area contributed by atoms with E-state index in [1.54, 1.807) is 28.9 Å². The second-order valence-electron chi connectivity index (χ2n) is 8.82. The highest BCUT2D eigenvalue weighted by atomic mass is 19.1. The van der Waals surface area contributed by atoms with Gasteiger partial charge in [0.15, 0.2) is 11.6 Å². The van der Waals surface area contributed by atoms with Gasteiger partial charge in [0.1, 0.15) is 22.9 Å². The quantitative estimate of drug-likeness (QED) is 0.436. The Morgan fingerprint density at radius 1 is 1.06 bits per heavy atom. The van der Waals surface area contributed by atoms with E-state index in [9.17, 15) is 8.78 Å². The highest BCUT2D eigenvalue weighted by Gasteiger charge is 2.20. The lowest BCUT2D eigenvalue weighted by atomic mass is 10.1. The van der Waals surface area contributed by atoms with E-state index in [1.165, 1.54) is 6.07 Å². The van der Waals surface area contributed by atoms with Crippen molar-refractivity contribution in [2.45, 2.75) is 19.4 Å². The highest BCUT2D eigenvalue weighted by Crippen LogP contribution is 2.29. The first kappa shape index (κ1) is 22.9. The van der Waals surface area contributed by atoms with Gasteiger partial charge < -0.3 is 20.5 Å². The molecule has 1 unspecified atom stereocenters. The average molecular weight is 480 g/mol. The highest BCUT2D eigenvalue weighted by molar-refractivity contribution is 5.83. The summed E-state index contributed by atoms with van der Waals surface area (Å²) in [6, 6.07) is 7.14. The van der Waals surface area contributed by atoms with Crippen LogP contribution in [0.2, 0.25) is 0 Å². The number of pyridine rings is 1. The number of benzene rings is 1. The van der Waals surface area contributed by atoms with Gasteiger partial charge in [0.05, 0.1) is 23.6 Å². The van der Waals surface area contributed by atoms with Crippen LogP contribution in [0.3, 0.4) is 0 Å². The van der Waals surface area contributed by atoms with Crippen molar-refractivity contribution < 1.29 is 8.78 Å². The van der Waals surface area contributed by atoms with E-state index in [0.29, 0.717) is 23.2 Å². The minimum absolute atomic E-state index is 0.0162. The van der Waals surface area contributed by atoms with Gasteiger partial charge in [-0.05, 0) is 44.2 Å². The molecule has 182 valence electrons. The van der Waals surface area contributed by atoms with Gasteiger partial charge in [-0.1, -0.05) is 0 Å². The Hall–Kier alpha value is -3.86. The van der Waals surface area contributed by atoms with Crippen molar-refractivity contribution in [3.05, 3.63) is 54.1 Å². The monoisotopic (exact) mass is 479 g/mol. The Balaban J connectivity index is 1.43. The largest absolute Gasteiger partial charge is 0.369 e. The van der Waals surface area contributed by atoms with Gasteiger partial charge in [0.25, 0.3) is 0 Å². The van der Waals surface area contributed by atoms with Gasteiger partial charge in [0.2, 0.25) is 5.95 Å². The summed E-state index contributed by atoms with van der Waals surface area (Å²) in [6.45, 7) is 3.75. The summed E-state index contributed by atoms with van der Waals surface area (Å²) in [5.74, 6) is 0.0977. The zero-order valence-electron chi connectivity index (χ0n) is 20.0. The normalized spacial score (nSPS) is 15.5. The Morgan fingerprint density at radius 3 is 2.57 bits per heavy atom. The van der Waals surface area contributed by atoms with Crippen LogP contribution in [-0.2, 0) is 0 Å². The van der Waals surface area contributed by atoms with E-state index in [0.717, 1.165) is 31.4 Å². The molecule has 1 saturated heterocycles. The van der Waals surface area contributed by atoms with Gasteiger partial charge in [-0.2, -0.15) is 0 Å². The Kier molecular flexibility index (Phi) is 5.93. The topological polar surface area (TPSA) is 87.0 Å². The molecule has 0 spiro atoms. The number of hydrogen-bond acceptors (Lipinski definition) is 8. The van der Waals surface area contributed by atoms with Crippen LogP contribution in [0, 0.1) is 18.6 Å². The number of anilines is 3. The van der Waals surface area contributed by atoms with E-state index in [2.05, 4.69) is 42.5 Å². The lowest BCUT2D eigenvalue weighted by Gasteiger charge is -2.25. The standard InChI is InChI=1S/C24H27F2N9/c1-14-30-23-18(25)9-15(10-20(23)35(14)33(2)3)22-19(26)13-29-24(32-22)31-21-6-5-16(12-28-21)34(4)17-7-8-27-11-17/h5-6,9-10,12-13,17,27H,7-8,11H2,1-4H3,(H,28,29,31,32). The van der Waals surface area contributed by atoms with Crippen molar-refractivity contribution in [1.29, 1.82) is 0 Å². The van der Waals surface area contributed by atoms with Crippen LogP contribution < -0.4 is 20.5 Å². The molecule has 9 nitrogen and oxygen atoms in total. The summed E-state index contributed by atoms with van der Waals surface area (Å²) in [4.78, 5) is 19.3. The predicted octanol–water partition coefficient (Wildman–Crippen LogP) is 3.21. The molecule has 5 rings (SSSR count). The van der Waals surface area contributed by atoms with Crippen molar-refractivity contribution in [1.82, 2.24) is 29.9 Å². The van der Waals surface area contributed by atoms with Crippen molar-refractivity contribution >= 4 is 28.5 Å². The number of nitrogens with zero attached hydrogens (tertiary/aromatic N) is 7. The number of aryl methyl sites for hydroxylation is 1. The first-order valence-corrected chi connectivity index (χ1v) is 11.4. The molecule has 0 amide bonds. The second-order valence-corrected chi connectivity index (χ2v) is 8.82. The lowest BCUT2D eigenvalue weighted by Crippen LogP contribution is -2.33. The summed E-state index contributed by atoms with van der Waals surface area (Å²) in [6.07, 6.45) is 3.93. The van der Waals surface area contributed by atoms with Gasteiger partial charge in [-0.15, -0.1) is 0 Å². The minimum Gasteiger partial charge on any atom is -0.369 e. The van der Waals surface area contributed by atoms with E-state index >= 15 is 0 Å². The summed E-state index contributed by atoms with van der Waals surface area (Å²) in [7, 11) is 5.70. The number of hydrogen-bond donors (Lipinski definition) is 2. The third kappa shape index (κ3) is 4.34. The second kappa shape index (κ2) is 9.06. The Labute approximate surface area is 201 Å². The maximum atomic E-state index is 14.9. The number of fused-ring (bicyclic) bond motifs is 1. The van der Waals surface area contributed by atoms with Crippen molar-refractivity contribution in [2.24, 2.45) is 0 Å². The molecule has 0 radical (unpaired) electrons. The number of aromatic nitrogens is 5. The summed E-state index contributed by atoms with van der Waals surface area (Å²) < 4.78 is 31.4. The summed E-state index contributed by atoms with van der Waals surface area (Å²) >= 11 is 0. The molecule has 1 fully saturated rings. The molecule has 1 aliphatic rings. The molecule has 2 N–H and O–H groups in total. The van der Waals surface area contributed by atoms with Crippen LogP contribution >= 0.6 is 0 Å². The lowest BCUT2D eigenvalue weighted by molar-refractivity contribution is 0.617. The fraction of sp³-hybridized carbons (Fsp3) is 0.333. The van der Waals surface area contributed by atoms with Crippen molar-refractivity contribution in [2.75, 3.05) is 49.5 Å². The van der Waals surface area contributed by atoms with E-state index in [-0.39, 0.29) is 22.7 Å². The SMILES string of the molecule is Cc1nc2c(F)cc(-c3nc(Nc4ccc(N(C)C5CCNC5)cn4)ncc3F)cc2n1N(C)C. The molecule has 1 aromatic carbocycles. The van der Waals surface area contributed by atoms with Crippen molar-refractivity contribution in [3.8, 4) is 11.3 Å². The number of likely N-dealkylation sites (N-methyl/N-ethyl adjacent to an activating group) is 1. The maximum Gasteiger partial charge on any atom is 0.229 e. The molecular weight excluding hydrogens is 452 g/mol. The third-order valence-corrected chi connectivity index (χ3v) is 6.25. The predicted molar refractivity (Wildman–Crippen MR) is 133 cm³/mol. The van der Waals surface area contributed by atoms with E-state index in [1.807, 2.05) is 26.2 Å². The molecule has 0 bridgehead atoms.